The van der Waals surface area contributed by atoms with Gasteiger partial charge >= 0.3 is 0 Å². The molecule has 0 aliphatic rings. The van der Waals surface area contributed by atoms with E-state index in [1.165, 1.54) is 28.3 Å². The summed E-state index contributed by atoms with van der Waals surface area (Å²) >= 11 is 0. The number of halogens is 1. The minimum absolute atomic E-state index is 0.0641. The average molecular weight is 350 g/mol. The largest absolute Gasteiger partial charge is 0.322 e. The van der Waals surface area contributed by atoms with Crippen LogP contribution >= 0.6 is 0 Å². The molecule has 1 heterocycles. The zero-order valence-corrected chi connectivity index (χ0v) is 14.4. The first-order valence-electron chi connectivity index (χ1n) is 8.41. The molecule has 0 saturated carbocycles. The van der Waals surface area contributed by atoms with Gasteiger partial charge in [0, 0.05) is 11.9 Å². The molecule has 1 amide bonds. The quantitative estimate of drug-likeness (QED) is 0.760. The van der Waals surface area contributed by atoms with E-state index >= 15 is 0 Å². The van der Waals surface area contributed by atoms with Crippen LogP contribution in [0.2, 0.25) is 0 Å². The molecule has 0 bridgehead atoms. The predicted octanol–water partition coefficient (Wildman–Crippen LogP) is 3.85. The van der Waals surface area contributed by atoms with Crippen LogP contribution < -0.4 is 10.9 Å². The van der Waals surface area contributed by atoms with E-state index in [4.69, 9.17) is 0 Å². The molecule has 0 spiro atoms. The molecule has 0 aliphatic heterocycles. The van der Waals surface area contributed by atoms with Gasteiger partial charge in [0.1, 0.15) is 11.4 Å². The molecule has 5 heteroatoms. The molecule has 2 aromatic carbocycles. The van der Waals surface area contributed by atoms with Crippen LogP contribution in [0.3, 0.4) is 0 Å². The molecule has 0 atom stereocenters. The van der Waals surface area contributed by atoms with Crippen molar-refractivity contribution in [3.05, 3.63) is 99.7 Å². The number of hydrogen-bond acceptors (Lipinski definition) is 2. The standard InChI is InChI=1S/C21H19FN2O2/c1-2-15-7-11-18(12-8-15)23-20(25)19-4-3-13-24(21(19)26)14-16-5-9-17(22)10-6-16/h3-13H,2,14H2,1H3,(H,23,25). The molecule has 3 rings (SSSR count). The minimum atomic E-state index is -0.451. The fourth-order valence-corrected chi connectivity index (χ4v) is 2.64. The van der Waals surface area contributed by atoms with Gasteiger partial charge in [0.25, 0.3) is 11.5 Å². The average Bonchev–Trinajstić information content (AvgIpc) is 2.66. The summed E-state index contributed by atoms with van der Waals surface area (Å²) in [6.45, 7) is 2.33. The normalized spacial score (nSPS) is 10.5. The Morgan fingerprint density at radius 2 is 1.65 bits per heavy atom. The number of carbonyl (C=O) groups is 1. The Morgan fingerprint density at radius 3 is 2.31 bits per heavy atom. The molecule has 4 nitrogen and oxygen atoms in total. The van der Waals surface area contributed by atoms with Crippen molar-refractivity contribution in [3.63, 3.8) is 0 Å². The third-order valence-electron chi connectivity index (χ3n) is 4.15. The fourth-order valence-electron chi connectivity index (χ4n) is 2.64. The van der Waals surface area contributed by atoms with E-state index in [9.17, 15) is 14.0 Å². The van der Waals surface area contributed by atoms with Crippen LogP contribution in [0.15, 0.2) is 71.7 Å². The van der Waals surface area contributed by atoms with Crippen molar-refractivity contribution >= 4 is 11.6 Å². The first kappa shape index (κ1) is 17.6. The van der Waals surface area contributed by atoms with Gasteiger partial charge in [-0.15, -0.1) is 0 Å². The Bertz CT molecular complexity index is 961. The summed E-state index contributed by atoms with van der Waals surface area (Å²) in [4.78, 5) is 25.1. The number of carbonyl (C=O) groups excluding carboxylic acids is 1. The van der Waals surface area contributed by atoms with Gasteiger partial charge in [0.2, 0.25) is 0 Å². The lowest BCUT2D eigenvalue weighted by Crippen LogP contribution is -2.29. The number of hydrogen-bond donors (Lipinski definition) is 1. The first-order chi connectivity index (χ1) is 12.6. The van der Waals surface area contributed by atoms with Crippen molar-refractivity contribution in [1.82, 2.24) is 4.57 Å². The molecule has 1 N–H and O–H groups in total. The van der Waals surface area contributed by atoms with E-state index in [2.05, 4.69) is 12.2 Å². The smallest absolute Gasteiger partial charge is 0.263 e. The molecule has 26 heavy (non-hydrogen) atoms. The van der Waals surface area contributed by atoms with Crippen molar-refractivity contribution in [2.75, 3.05) is 5.32 Å². The molecule has 0 aliphatic carbocycles. The van der Waals surface area contributed by atoms with Crippen LogP contribution in [-0.2, 0) is 13.0 Å². The molecular weight excluding hydrogens is 331 g/mol. The SMILES string of the molecule is CCc1ccc(NC(=O)c2cccn(Cc3ccc(F)cc3)c2=O)cc1. The Hall–Kier alpha value is -3.21. The summed E-state index contributed by atoms with van der Waals surface area (Å²) in [5.74, 6) is -0.781. The van der Waals surface area contributed by atoms with Crippen LogP contribution in [0.1, 0.15) is 28.4 Å². The number of amides is 1. The Labute approximate surface area is 150 Å². The highest BCUT2D eigenvalue weighted by Gasteiger charge is 2.12. The summed E-state index contributed by atoms with van der Waals surface area (Å²) in [6.07, 6.45) is 2.53. The second kappa shape index (κ2) is 7.78. The molecule has 0 unspecified atom stereocenters. The Morgan fingerprint density at radius 1 is 1.00 bits per heavy atom. The van der Waals surface area contributed by atoms with Crippen LogP contribution in [0.4, 0.5) is 10.1 Å². The van der Waals surface area contributed by atoms with Gasteiger partial charge in [-0.05, 0) is 53.9 Å². The number of benzene rings is 2. The van der Waals surface area contributed by atoms with Crippen LogP contribution in [0.5, 0.6) is 0 Å². The van der Waals surface area contributed by atoms with E-state index in [0.717, 1.165) is 12.0 Å². The Kier molecular flexibility index (Phi) is 5.27. The van der Waals surface area contributed by atoms with Gasteiger partial charge in [0.15, 0.2) is 0 Å². The van der Waals surface area contributed by atoms with Gasteiger partial charge in [-0.2, -0.15) is 0 Å². The summed E-state index contributed by atoms with van der Waals surface area (Å²) in [6, 6.07) is 16.6. The maximum Gasteiger partial charge on any atom is 0.263 e. The topological polar surface area (TPSA) is 51.1 Å². The first-order valence-corrected chi connectivity index (χ1v) is 8.41. The number of anilines is 1. The number of rotatable bonds is 5. The van der Waals surface area contributed by atoms with E-state index < -0.39 is 5.91 Å². The maximum absolute atomic E-state index is 13.0. The molecule has 0 fully saturated rings. The van der Waals surface area contributed by atoms with Crippen molar-refractivity contribution in [3.8, 4) is 0 Å². The third-order valence-corrected chi connectivity index (χ3v) is 4.15. The van der Waals surface area contributed by atoms with Crippen molar-refractivity contribution in [2.45, 2.75) is 19.9 Å². The predicted molar refractivity (Wildman–Crippen MR) is 100.0 cm³/mol. The molecule has 132 valence electrons. The summed E-state index contributed by atoms with van der Waals surface area (Å²) in [5, 5.41) is 2.75. The number of nitrogens with zero attached hydrogens (tertiary/aromatic N) is 1. The van der Waals surface area contributed by atoms with Crippen LogP contribution in [-0.4, -0.2) is 10.5 Å². The summed E-state index contributed by atoms with van der Waals surface area (Å²) < 4.78 is 14.4. The maximum atomic E-state index is 13.0. The Balaban J connectivity index is 1.80. The molecule has 1 aromatic heterocycles. The summed E-state index contributed by atoms with van der Waals surface area (Å²) in [7, 11) is 0. The zero-order valence-electron chi connectivity index (χ0n) is 14.4. The highest BCUT2D eigenvalue weighted by Crippen LogP contribution is 2.11. The fraction of sp³-hybridized carbons (Fsp3) is 0.143. The van der Waals surface area contributed by atoms with Gasteiger partial charge in [-0.3, -0.25) is 9.59 Å². The van der Waals surface area contributed by atoms with Gasteiger partial charge < -0.3 is 9.88 Å². The van der Waals surface area contributed by atoms with E-state index in [0.29, 0.717) is 5.69 Å². The number of aryl methyl sites for hydroxylation is 1. The highest BCUT2D eigenvalue weighted by molar-refractivity contribution is 6.03. The van der Waals surface area contributed by atoms with Crippen LogP contribution in [0.25, 0.3) is 0 Å². The van der Waals surface area contributed by atoms with Gasteiger partial charge in [-0.1, -0.05) is 31.2 Å². The third kappa shape index (κ3) is 4.06. The number of pyridine rings is 1. The van der Waals surface area contributed by atoms with Crippen molar-refractivity contribution in [2.24, 2.45) is 0 Å². The minimum Gasteiger partial charge on any atom is -0.322 e. The number of nitrogens with one attached hydrogen (secondary N) is 1. The van der Waals surface area contributed by atoms with Gasteiger partial charge in [0.05, 0.1) is 6.54 Å². The monoisotopic (exact) mass is 350 g/mol. The van der Waals surface area contributed by atoms with Gasteiger partial charge in [-0.25, -0.2) is 4.39 Å². The molecule has 0 radical (unpaired) electrons. The molecular formula is C21H19FN2O2. The lowest BCUT2D eigenvalue weighted by atomic mass is 10.1. The second-order valence-electron chi connectivity index (χ2n) is 5.99. The van der Waals surface area contributed by atoms with Crippen molar-refractivity contribution < 1.29 is 9.18 Å². The molecule has 0 saturated heterocycles. The summed E-state index contributed by atoms with van der Waals surface area (Å²) in [5.41, 5.74) is 2.26. The van der Waals surface area contributed by atoms with Crippen molar-refractivity contribution in [1.29, 1.82) is 0 Å². The lowest BCUT2D eigenvalue weighted by Gasteiger charge is -2.09. The number of aromatic nitrogens is 1. The van der Waals surface area contributed by atoms with E-state index in [1.807, 2.05) is 24.3 Å². The zero-order chi connectivity index (χ0) is 18.5. The van der Waals surface area contributed by atoms with Crippen LogP contribution in [0, 0.1) is 5.82 Å². The van der Waals surface area contributed by atoms with E-state index in [1.54, 1.807) is 24.4 Å². The second-order valence-corrected chi connectivity index (χ2v) is 5.99. The van der Waals surface area contributed by atoms with E-state index in [-0.39, 0.29) is 23.5 Å². The lowest BCUT2D eigenvalue weighted by molar-refractivity contribution is 0.102. The molecule has 3 aromatic rings. The highest BCUT2D eigenvalue weighted by atomic mass is 19.1.